The van der Waals surface area contributed by atoms with Gasteiger partial charge >= 0.3 is 0 Å². The van der Waals surface area contributed by atoms with Gasteiger partial charge in [0.1, 0.15) is 11.9 Å². The quantitative estimate of drug-likeness (QED) is 0.836. The SMILES string of the molecule is O=C(CS(=O)(=O)N1CCc2ccc(Cl)cc2C1)[C@H]1CCCO1. The molecule has 1 aromatic rings. The highest BCUT2D eigenvalue weighted by Gasteiger charge is 2.33. The average molecular weight is 344 g/mol. The molecule has 0 radical (unpaired) electrons. The van der Waals surface area contributed by atoms with Gasteiger partial charge in [0.05, 0.1) is 0 Å². The molecule has 0 aliphatic carbocycles. The molecular weight excluding hydrogens is 326 g/mol. The van der Waals surface area contributed by atoms with Crippen molar-refractivity contribution in [2.24, 2.45) is 0 Å². The van der Waals surface area contributed by atoms with E-state index in [2.05, 4.69) is 0 Å². The van der Waals surface area contributed by atoms with Crippen molar-refractivity contribution in [3.63, 3.8) is 0 Å². The van der Waals surface area contributed by atoms with Gasteiger partial charge in [0, 0.05) is 24.7 Å². The van der Waals surface area contributed by atoms with Crippen LogP contribution in [0.2, 0.25) is 5.02 Å². The Labute approximate surface area is 135 Å². The molecule has 1 aromatic carbocycles. The van der Waals surface area contributed by atoms with E-state index in [0.29, 0.717) is 31.0 Å². The number of carbonyl (C=O) groups is 1. The van der Waals surface area contributed by atoms with Gasteiger partial charge in [-0.15, -0.1) is 0 Å². The summed E-state index contributed by atoms with van der Waals surface area (Å²) in [4.78, 5) is 12.1. The first kappa shape index (κ1) is 15.9. The van der Waals surface area contributed by atoms with Gasteiger partial charge in [-0.1, -0.05) is 17.7 Å². The smallest absolute Gasteiger partial charge is 0.221 e. The summed E-state index contributed by atoms with van der Waals surface area (Å²) in [6, 6.07) is 5.53. The largest absolute Gasteiger partial charge is 0.370 e. The lowest BCUT2D eigenvalue weighted by Gasteiger charge is -2.28. The first-order valence-electron chi connectivity index (χ1n) is 7.35. The Bertz CT molecular complexity index is 683. The number of hydrogen-bond acceptors (Lipinski definition) is 4. The fourth-order valence-corrected chi connectivity index (χ4v) is 4.56. The third kappa shape index (κ3) is 3.35. The Morgan fingerprint density at radius 1 is 1.36 bits per heavy atom. The zero-order valence-corrected chi connectivity index (χ0v) is 13.7. The van der Waals surface area contributed by atoms with Crippen LogP contribution < -0.4 is 0 Å². The van der Waals surface area contributed by atoms with Crippen LogP contribution in [0.5, 0.6) is 0 Å². The normalized spacial score (nSPS) is 22.5. The maximum Gasteiger partial charge on any atom is 0.221 e. The third-order valence-corrected chi connectivity index (χ3v) is 6.14. The molecule has 0 N–H and O–H groups in total. The van der Waals surface area contributed by atoms with Gasteiger partial charge in [-0.3, -0.25) is 4.79 Å². The molecule has 2 heterocycles. The molecule has 120 valence electrons. The van der Waals surface area contributed by atoms with Crippen molar-refractivity contribution in [3.05, 3.63) is 34.3 Å². The van der Waals surface area contributed by atoms with Crippen molar-refractivity contribution >= 4 is 27.4 Å². The molecule has 5 nitrogen and oxygen atoms in total. The molecule has 0 spiro atoms. The molecule has 22 heavy (non-hydrogen) atoms. The summed E-state index contributed by atoms with van der Waals surface area (Å²) in [5, 5.41) is 0.591. The molecule has 0 bridgehead atoms. The number of sulfonamides is 1. The molecule has 0 unspecified atom stereocenters. The van der Waals surface area contributed by atoms with Gasteiger partial charge in [0.15, 0.2) is 5.78 Å². The minimum absolute atomic E-state index is 0.275. The van der Waals surface area contributed by atoms with Crippen molar-refractivity contribution in [1.82, 2.24) is 4.31 Å². The van der Waals surface area contributed by atoms with E-state index in [4.69, 9.17) is 16.3 Å². The highest BCUT2D eigenvalue weighted by atomic mass is 35.5. The van der Waals surface area contributed by atoms with Gasteiger partial charge in [-0.25, -0.2) is 8.42 Å². The topological polar surface area (TPSA) is 63.7 Å². The summed E-state index contributed by atoms with van der Waals surface area (Å²) in [6.07, 6.45) is 1.51. The molecule has 1 saturated heterocycles. The van der Waals surface area contributed by atoms with E-state index < -0.39 is 21.9 Å². The number of benzene rings is 1. The molecule has 1 fully saturated rings. The van der Waals surface area contributed by atoms with Gasteiger partial charge in [-0.05, 0) is 42.5 Å². The minimum atomic E-state index is -3.61. The summed E-state index contributed by atoms with van der Waals surface area (Å²) >= 11 is 5.97. The third-order valence-electron chi connectivity index (χ3n) is 4.15. The molecule has 7 heteroatoms. The zero-order chi connectivity index (χ0) is 15.7. The predicted octanol–water partition coefficient (Wildman–Crippen LogP) is 1.78. The van der Waals surface area contributed by atoms with Crippen LogP contribution in [0.3, 0.4) is 0 Å². The highest BCUT2D eigenvalue weighted by Crippen LogP contribution is 2.25. The summed E-state index contributed by atoms with van der Waals surface area (Å²) in [7, 11) is -3.61. The summed E-state index contributed by atoms with van der Waals surface area (Å²) in [5.74, 6) is -0.817. The van der Waals surface area contributed by atoms with Gasteiger partial charge in [0.2, 0.25) is 10.0 Å². The Morgan fingerprint density at radius 2 is 2.18 bits per heavy atom. The van der Waals surface area contributed by atoms with E-state index >= 15 is 0 Å². The van der Waals surface area contributed by atoms with Crippen LogP contribution in [-0.2, 0) is 32.5 Å². The first-order valence-corrected chi connectivity index (χ1v) is 9.34. The molecular formula is C15H18ClNO4S. The number of fused-ring (bicyclic) bond motifs is 1. The van der Waals surface area contributed by atoms with E-state index in [1.807, 2.05) is 12.1 Å². The number of nitrogens with zero attached hydrogens (tertiary/aromatic N) is 1. The number of hydrogen-bond donors (Lipinski definition) is 0. The standard InChI is InChI=1S/C15H18ClNO4S/c16-13-4-3-11-5-6-17(9-12(11)8-13)22(19,20)10-14(18)15-2-1-7-21-15/h3-4,8,15H,1-2,5-7,9-10H2/t15-/m1/s1. The summed E-state index contributed by atoms with van der Waals surface area (Å²) in [5.41, 5.74) is 2.02. The molecule has 3 rings (SSSR count). The Hall–Kier alpha value is -0.950. The molecule has 2 aliphatic heterocycles. The maximum absolute atomic E-state index is 12.5. The van der Waals surface area contributed by atoms with Crippen molar-refractivity contribution in [3.8, 4) is 0 Å². The number of halogens is 1. The maximum atomic E-state index is 12.5. The van der Waals surface area contributed by atoms with Crippen LogP contribution in [-0.4, -0.2) is 43.5 Å². The lowest BCUT2D eigenvalue weighted by Crippen LogP contribution is -2.41. The number of Topliss-reactive ketones (excluding diaryl/α,β-unsaturated/α-hetero) is 1. The second-order valence-electron chi connectivity index (χ2n) is 5.72. The van der Waals surface area contributed by atoms with Crippen molar-refractivity contribution in [1.29, 1.82) is 0 Å². The molecule has 0 saturated carbocycles. The molecule has 2 aliphatic rings. The number of ketones is 1. The van der Waals surface area contributed by atoms with E-state index in [-0.39, 0.29) is 12.3 Å². The lowest BCUT2D eigenvalue weighted by atomic mass is 10.0. The molecule has 1 atom stereocenters. The van der Waals surface area contributed by atoms with Crippen molar-refractivity contribution < 1.29 is 17.9 Å². The fourth-order valence-electron chi connectivity index (χ4n) is 2.93. The number of carbonyl (C=O) groups excluding carboxylic acids is 1. The van der Waals surface area contributed by atoms with E-state index in [1.54, 1.807) is 6.07 Å². The minimum Gasteiger partial charge on any atom is -0.370 e. The van der Waals surface area contributed by atoms with Crippen LogP contribution in [0.15, 0.2) is 18.2 Å². The Kier molecular flexibility index (Phi) is 4.54. The highest BCUT2D eigenvalue weighted by molar-refractivity contribution is 7.89. The van der Waals surface area contributed by atoms with Crippen LogP contribution in [0, 0.1) is 0 Å². The van der Waals surface area contributed by atoms with Crippen molar-refractivity contribution in [2.45, 2.75) is 31.9 Å². The van der Waals surface area contributed by atoms with E-state index in [0.717, 1.165) is 17.5 Å². The van der Waals surface area contributed by atoms with Crippen LogP contribution in [0.25, 0.3) is 0 Å². The fraction of sp³-hybridized carbons (Fsp3) is 0.533. The lowest BCUT2D eigenvalue weighted by molar-refractivity contribution is -0.125. The van der Waals surface area contributed by atoms with E-state index in [1.165, 1.54) is 4.31 Å². The zero-order valence-electron chi connectivity index (χ0n) is 12.1. The number of rotatable bonds is 4. The van der Waals surface area contributed by atoms with Crippen molar-refractivity contribution in [2.75, 3.05) is 18.9 Å². The van der Waals surface area contributed by atoms with Gasteiger partial charge in [-0.2, -0.15) is 4.31 Å². The van der Waals surface area contributed by atoms with Crippen LogP contribution in [0.1, 0.15) is 24.0 Å². The van der Waals surface area contributed by atoms with Crippen LogP contribution in [0.4, 0.5) is 0 Å². The average Bonchev–Trinajstić information content (AvgIpc) is 3.00. The Morgan fingerprint density at radius 3 is 2.91 bits per heavy atom. The molecule has 0 amide bonds. The van der Waals surface area contributed by atoms with E-state index in [9.17, 15) is 13.2 Å². The first-order chi connectivity index (χ1) is 10.5. The second-order valence-corrected chi connectivity index (χ2v) is 8.13. The second kappa shape index (κ2) is 6.28. The molecule has 0 aromatic heterocycles. The Balaban J connectivity index is 1.72. The summed E-state index contributed by atoms with van der Waals surface area (Å²) < 4.78 is 31.6. The van der Waals surface area contributed by atoms with Gasteiger partial charge in [0.25, 0.3) is 0 Å². The monoisotopic (exact) mass is 343 g/mol. The summed E-state index contributed by atoms with van der Waals surface area (Å²) in [6.45, 7) is 1.21. The predicted molar refractivity (Wildman–Crippen MR) is 83.3 cm³/mol. The van der Waals surface area contributed by atoms with Gasteiger partial charge < -0.3 is 4.74 Å². The number of ether oxygens (including phenoxy) is 1. The van der Waals surface area contributed by atoms with Crippen LogP contribution >= 0.6 is 11.6 Å².